The molecule has 1 saturated heterocycles. The van der Waals surface area contributed by atoms with Gasteiger partial charge in [0.15, 0.2) is 11.5 Å². The number of fused-ring (bicyclic) bond motifs is 1. The maximum Gasteiger partial charge on any atom is 0.161 e. The molecule has 0 aromatic heterocycles. The summed E-state index contributed by atoms with van der Waals surface area (Å²) in [6.07, 6.45) is 1.25. The minimum absolute atomic E-state index is 0.477. The molecular weight excluding hydrogens is 252 g/mol. The Morgan fingerprint density at radius 2 is 2.05 bits per heavy atom. The van der Waals surface area contributed by atoms with Crippen molar-refractivity contribution in [3.05, 3.63) is 23.8 Å². The van der Waals surface area contributed by atoms with Gasteiger partial charge in [-0.1, -0.05) is 13.0 Å². The lowest BCUT2D eigenvalue weighted by Crippen LogP contribution is -2.28. The number of hydrogen-bond donors (Lipinski definition) is 1. The zero-order valence-corrected chi connectivity index (χ0v) is 12.4. The van der Waals surface area contributed by atoms with Crippen molar-refractivity contribution < 1.29 is 9.47 Å². The SMILES string of the molecule is CCNCC1CCN(C)C1c1ccc2c(c1)OCCO2. The summed E-state index contributed by atoms with van der Waals surface area (Å²) < 4.78 is 11.3. The van der Waals surface area contributed by atoms with Gasteiger partial charge in [0.1, 0.15) is 13.2 Å². The van der Waals surface area contributed by atoms with Gasteiger partial charge in [0.05, 0.1) is 0 Å². The summed E-state index contributed by atoms with van der Waals surface area (Å²) >= 11 is 0. The number of likely N-dealkylation sites (tertiary alicyclic amines) is 1. The van der Waals surface area contributed by atoms with E-state index in [1.807, 2.05) is 0 Å². The quantitative estimate of drug-likeness (QED) is 0.912. The Hall–Kier alpha value is -1.26. The molecule has 1 aromatic carbocycles. The minimum Gasteiger partial charge on any atom is -0.486 e. The molecule has 1 N–H and O–H groups in total. The van der Waals surface area contributed by atoms with Crippen LogP contribution in [-0.2, 0) is 0 Å². The molecule has 0 aliphatic carbocycles. The molecule has 20 heavy (non-hydrogen) atoms. The first-order chi connectivity index (χ1) is 9.79. The van der Waals surface area contributed by atoms with E-state index >= 15 is 0 Å². The van der Waals surface area contributed by atoms with Crippen molar-refractivity contribution in [3.8, 4) is 11.5 Å². The molecule has 110 valence electrons. The van der Waals surface area contributed by atoms with Gasteiger partial charge in [-0.25, -0.2) is 0 Å². The first kappa shape index (κ1) is 13.7. The molecule has 4 heteroatoms. The Morgan fingerprint density at radius 3 is 2.85 bits per heavy atom. The molecule has 2 heterocycles. The lowest BCUT2D eigenvalue weighted by molar-refractivity contribution is 0.170. The van der Waals surface area contributed by atoms with Crippen molar-refractivity contribution in [3.63, 3.8) is 0 Å². The molecule has 2 aliphatic rings. The van der Waals surface area contributed by atoms with Gasteiger partial charge in [0.25, 0.3) is 0 Å². The van der Waals surface area contributed by atoms with E-state index in [0.29, 0.717) is 25.2 Å². The largest absolute Gasteiger partial charge is 0.486 e. The van der Waals surface area contributed by atoms with E-state index in [-0.39, 0.29) is 0 Å². The van der Waals surface area contributed by atoms with Crippen LogP contribution in [0.1, 0.15) is 24.9 Å². The maximum atomic E-state index is 5.72. The molecule has 2 unspecified atom stereocenters. The lowest BCUT2D eigenvalue weighted by atomic mass is 9.93. The van der Waals surface area contributed by atoms with Crippen molar-refractivity contribution >= 4 is 0 Å². The fourth-order valence-electron chi connectivity index (χ4n) is 3.34. The molecule has 4 nitrogen and oxygen atoms in total. The molecule has 1 fully saturated rings. The summed E-state index contributed by atoms with van der Waals surface area (Å²) in [6, 6.07) is 6.89. The zero-order valence-electron chi connectivity index (χ0n) is 12.4. The summed E-state index contributed by atoms with van der Waals surface area (Å²) in [5, 5.41) is 3.49. The summed E-state index contributed by atoms with van der Waals surface area (Å²) in [4.78, 5) is 2.45. The number of nitrogens with one attached hydrogen (secondary N) is 1. The Bertz CT molecular complexity index is 464. The van der Waals surface area contributed by atoms with Crippen molar-refractivity contribution in [2.45, 2.75) is 19.4 Å². The topological polar surface area (TPSA) is 33.7 Å². The highest BCUT2D eigenvalue weighted by atomic mass is 16.6. The smallest absolute Gasteiger partial charge is 0.161 e. The fourth-order valence-corrected chi connectivity index (χ4v) is 3.34. The van der Waals surface area contributed by atoms with Crippen molar-refractivity contribution in [2.24, 2.45) is 5.92 Å². The molecule has 0 spiro atoms. The molecular formula is C16H24N2O2. The predicted molar refractivity (Wildman–Crippen MR) is 79.5 cm³/mol. The van der Waals surface area contributed by atoms with E-state index < -0.39 is 0 Å². The second-order valence-electron chi connectivity index (χ2n) is 5.68. The van der Waals surface area contributed by atoms with Crippen LogP contribution in [0.5, 0.6) is 11.5 Å². The normalized spacial score (nSPS) is 25.9. The van der Waals surface area contributed by atoms with E-state index in [4.69, 9.17) is 9.47 Å². The van der Waals surface area contributed by atoms with Crippen LogP contribution in [-0.4, -0.2) is 44.8 Å². The molecule has 2 atom stereocenters. The van der Waals surface area contributed by atoms with E-state index in [0.717, 1.165) is 31.1 Å². The highest BCUT2D eigenvalue weighted by Crippen LogP contribution is 2.40. The van der Waals surface area contributed by atoms with Crippen LogP contribution in [0.15, 0.2) is 18.2 Å². The van der Waals surface area contributed by atoms with Gasteiger partial charge in [-0.3, -0.25) is 4.90 Å². The van der Waals surface area contributed by atoms with Gasteiger partial charge in [-0.05, 0) is 56.7 Å². The highest BCUT2D eigenvalue weighted by Gasteiger charge is 2.33. The number of ether oxygens (including phenoxy) is 2. The summed E-state index contributed by atoms with van der Waals surface area (Å²) in [6.45, 7) is 6.75. The molecule has 1 aromatic rings. The van der Waals surface area contributed by atoms with E-state index in [9.17, 15) is 0 Å². The zero-order chi connectivity index (χ0) is 13.9. The van der Waals surface area contributed by atoms with Crippen LogP contribution in [0, 0.1) is 5.92 Å². The van der Waals surface area contributed by atoms with Crippen molar-refractivity contribution in [2.75, 3.05) is 39.9 Å². The second-order valence-corrected chi connectivity index (χ2v) is 5.68. The molecule has 0 radical (unpaired) electrons. The lowest BCUT2D eigenvalue weighted by Gasteiger charge is -2.27. The molecule has 3 rings (SSSR count). The minimum atomic E-state index is 0.477. The van der Waals surface area contributed by atoms with E-state index in [1.54, 1.807) is 0 Å². The van der Waals surface area contributed by atoms with Crippen LogP contribution in [0.2, 0.25) is 0 Å². The van der Waals surface area contributed by atoms with Gasteiger partial charge >= 0.3 is 0 Å². The average molecular weight is 276 g/mol. The Morgan fingerprint density at radius 1 is 1.25 bits per heavy atom. The number of hydrogen-bond acceptors (Lipinski definition) is 4. The van der Waals surface area contributed by atoms with Gasteiger partial charge in [0, 0.05) is 6.04 Å². The fraction of sp³-hybridized carbons (Fsp3) is 0.625. The first-order valence-electron chi connectivity index (χ1n) is 7.60. The summed E-state index contributed by atoms with van der Waals surface area (Å²) in [7, 11) is 2.22. The van der Waals surface area contributed by atoms with Crippen LogP contribution < -0.4 is 14.8 Å². The van der Waals surface area contributed by atoms with E-state index in [2.05, 4.69) is 42.4 Å². The second kappa shape index (κ2) is 6.02. The monoisotopic (exact) mass is 276 g/mol. The van der Waals surface area contributed by atoms with Crippen molar-refractivity contribution in [1.82, 2.24) is 10.2 Å². The Kier molecular flexibility index (Phi) is 4.13. The Labute approximate surface area is 121 Å². The summed E-state index contributed by atoms with van der Waals surface area (Å²) in [5.74, 6) is 2.45. The third-order valence-corrected chi connectivity index (χ3v) is 4.34. The molecule has 0 saturated carbocycles. The number of rotatable bonds is 4. The van der Waals surface area contributed by atoms with Crippen molar-refractivity contribution in [1.29, 1.82) is 0 Å². The third kappa shape index (κ3) is 2.63. The van der Waals surface area contributed by atoms with E-state index in [1.165, 1.54) is 12.0 Å². The maximum absolute atomic E-state index is 5.72. The van der Waals surface area contributed by atoms with Gasteiger partial charge < -0.3 is 14.8 Å². The summed E-state index contributed by atoms with van der Waals surface area (Å²) in [5.41, 5.74) is 1.34. The average Bonchev–Trinajstić information content (AvgIpc) is 2.85. The van der Waals surface area contributed by atoms with Crippen LogP contribution in [0.25, 0.3) is 0 Å². The first-order valence-corrected chi connectivity index (χ1v) is 7.60. The number of nitrogens with zero attached hydrogens (tertiary/aromatic N) is 1. The van der Waals surface area contributed by atoms with Gasteiger partial charge in [-0.2, -0.15) is 0 Å². The van der Waals surface area contributed by atoms with Crippen LogP contribution in [0.3, 0.4) is 0 Å². The predicted octanol–water partition coefficient (Wildman–Crippen LogP) is 2.06. The van der Waals surface area contributed by atoms with Crippen LogP contribution >= 0.6 is 0 Å². The molecule has 2 aliphatic heterocycles. The molecule has 0 amide bonds. The standard InChI is InChI=1S/C16H24N2O2/c1-3-17-11-13-6-7-18(2)16(13)12-4-5-14-15(10-12)20-9-8-19-14/h4-5,10,13,16-17H,3,6-9,11H2,1-2H3. The molecule has 0 bridgehead atoms. The Balaban J connectivity index is 1.82. The van der Waals surface area contributed by atoms with Crippen LogP contribution in [0.4, 0.5) is 0 Å². The van der Waals surface area contributed by atoms with Gasteiger partial charge in [-0.15, -0.1) is 0 Å². The third-order valence-electron chi connectivity index (χ3n) is 4.34. The highest BCUT2D eigenvalue weighted by molar-refractivity contribution is 5.45. The van der Waals surface area contributed by atoms with Gasteiger partial charge in [0.2, 0.25) is 0 Å². The number of benzene rings is 1.